The van der Waals surface area contributed by atoms with Crippen LogP contribution in [0.1, 0.15) is 13.3 Å². The summed E-state index contributed by atoms with van der Waals surface area (Å²) < 4.78 is 14.4. The number of nitrogens with zero attached hydrogens (tertiary/aromatic N) is 5. The Morgan fingerprint density at radius 3 is 2.26 bits per heavy atom. The average molecular weight is 415 g/mol. The van der Waals surface area contributed by atoms with Gasteiger partial charge in [0.15, 0.2) is 11.3 Å². The number of ether oxygens (including phenoxy) is 2. The van der Waals surface area contributed by atoms with E-state index in [4.69, 9.17) is 19.4 Å². The van der Waals surface area contributed by atoms with Gasteiger partial charge in [-0.15, -0.1) is 0 Å². The minimum absolute atomic E-state index is 0.130. The van der Waals surface area contributed by atoms with Gasteiger partial charge in [-0.1, -0.05) is 19.1 Å². The first-order valence-electron chi connectivity index (χ1n) is 10.0. The van der Waals surface area contributed by atoms with Crippen molar-refractivity contribution < 1.29 is 9.47 Å². The van der Waals surface area contributed by atoms with E-state index < -0.39 is 0 Å². The minimum atomic E-state index is -0.130. The molecule has 0 spiro atoms. The number of benzene rings is 2. The summed E-state index contributed by atoms with van der Waals surface area (Å²) >= 11 is 0. The standard InChI is InChI=1S/C23H21N5O3/c1-4-9-27-13-24-21-19(23(27)29)20-22(26-18-8-6-5-7-17(18)25-20)28(21)14-10-15(30-2)12-16(11-14)31-3/h5-8,10-13H,4,9H2,1-3H3. The number of rotatable bonds is 5. The molecule has 8 nitrogen and oxygen atoms in total. The molecule has 0 atom stereocenters. The Kier molecular flexibility index (Phi) is 4.54. The second-order valence-corrected chi connectivity index (χ2v) is 7.23. The third kappa shape index (κ3) is 2.99. The summed E-state index contributed by atoms with van der Waals surface area (Å²) in [4.78, 5) is 27.6. The Hall–Kier alpha value is -3.94. The number of aromatic nitrogens is 5. The normalized spacial score (nSPS) is 11.5. The van der Waals surface area contributed by atoms with Crippen LogP contribution >= 0.6 is 0 Å². The SMILES string of the molecule is CCCn1cnc2c(c1=O)c1nc3ccccc3nc1n2-c1cc(OC)cc(OC)c1. The fourth-order valence-electron chi connectivity index (χ4n) is 3.84. The number of fused-ring (bicyclic) bond motifs is 4. The molecule has 0 unspecified atom stereocenters. The molecule has 0 aliphatic carbocycles. The first kappa shape index (κ1) is 19.0. The minimum Gasteiger partial charge on any atom is -0.497 e. The van der Waals surface area contributed by atoms with Crippen LogP contribution < -0.4 is 15.0 Å². The van der Waals surface area contributed by atoms with Crippen LogP contribution in [0.5, 0.6) is 11.5 Å². The molecule has 0 amide bonds. The van der Waals surface area contributed by atoms with Crippen LogP contribution in [0.3, 0.4) is 0 Å². The molecule has 8 heteroatoms. The zero-order valence-electron chi connectivity index (χ0n) is 17.5. The van der Waals surface area contributed by atoms with Gasteiger partial charge in [0.2, 0.25) is 0 Å². The van der Waals surface area contributed by atoms with E-state index in [2.05, 4.69) is 4.98 Å². The molecule has 0 saturated heterocycles. The van der Waals surface area contributed by atoms with E-state index in [0.717, 1.165) is 23.1 Å². The summed E-state index contributed by atoms with van der Waals surface area (Å²) in [5.41, 5.74) is 3.64. The van der Waals surface area contributed by atoms with E-state index >= 15 is 0 Å². The second-order valence-electron chi connectivity index (χ2n) is 7.23. The Bertz CT molecular complexity index is 1480. The van der Waals surface area contributed by atoms with Gasteiger partial charge in [-0.2, -0.15) is 0 Å². The van der Waals surface area contributed by atoms with Crippen LogP contribution in [0, 0.1) is 0 Å². The molecule has 0 N–H and O–H groups in total. The molecule has 0 saturated carbocycles. The van der Waals surface area contributed by atoms with Crippen LogP contribution in [0.15, 0.2) is 53.6 Å². The first-order valence-corrected chi connectivity index (χ1v) is 10.0. The van der Waals surface area contributed by atoms with Crippen molar-refractivity contribution in [2.45, 2.75) is 19.9 Å². The summed E-state index contributed by atoms with van der Waals surface area (Å²) in [7, 11) is 3.19. The zero-order valence-corrected chi connectivity index (χ0v) is 17.5. The Labute approximate surface area is 177 Å². The van der Waals surface area contributed by atoms with Gasteiger partial charge < -0.3 is 9.47 Å². The summed E-state index contributed by atoms with van der Waals surface area (Å²) in [5.74, 6) is 1.25. The highest BCUT2D eigenvalue weighted by molar-refractivity contribution is 6.05. The molecule has 156 valence electrons. The summed E-state index contributed by atoms with van der Waals surface area (Å²) in [6, 6.07) is 13.1. The molecule has 5 aromatic rings. The molecular formula is C23H21N5O3. The molecule has 0 aliphatic heterocycles. The lowest BCUT2D eigenvalue weighted by Crippen LogP contribution is -2.20. The number of methoxy groups -OCH3 is 2. The topological polar surface area (TPSA) is 84.1 Å². The summed E-state index contributed by atoms with van der Waals surface area (Å²) in [5, 5.41) is 0.450. The number of aryl methyl sites for hydroxylation is 1. The molecule has 0 bridgehead atoms. The van der Waals surface area contributed by atoms with Crippen LogP contribution in [0.2, 0.25) is 0 Å². The molecule has 3 heterocycles. The monoisotopic (exact) mass is 415 g/mol. The van der Waals surface area contributed by atoms with Crippen LogP contribution in [-0.2, 0) is 6.54 Å². The molecule has 31 heavy (non-hydrogen) atoms. The highest BCUT2D eigenvalue weighted by Gasteiger charge is 2.21. The first-order chi connectivity index (χ1) is 15.1. The lowest BCUT2D eigenvalue weighted by molar-refractivity contribution is 0.394. The van der Waals surface area contributed by atoms with Gasteiger partial charge in [-0.25, -0.2) is 15.0 Å². The van der Waals surface area contributed by atoms with Gasteiger partial charge in [0.05, 0.1) is 37.3 Å². The van der Waals surface area contributed by atoms with Crippen molar-refractivity contribution in [2.24, 2.45) is 0 Å². The lowest BCUT2D eigenvalue weighted by Gasteiger charge is -2.11. The van der Waals surface area contributed by atoms with Crippen molar-refractivity contribution in [1.82, 2.24) is 24.1 Å². The van der Waals surface area contributed by atoms with Crippen LogP contribution in [-0.4, -0.2) is 38.3 Å². The number of para-hydroxylation sites is 2. The molecule has 3 aromatic heterocycles. The predicted octanol–water partition coefficient (Wildman–Crippen LogP) is 3.71. The van der Waals surface area contributed by atoms with Crippen molar-refractivity contribution in [2.75, 3.05) is 14.2 Å². The van der Waals surface area contributed by atoms with E-state index in [-0.39, 0.29) is 5.56 Å². The summed E-state index contributed by atoms with van der Waals surface area (Å²) in [6.45, 7) is 2.61. The smallest absolute Gasteiger partial charge is 0.265 e. The Morgan fingerprint density at radius 2 is 1.61 bits per heavy atom. The quantitative estimate of drug-likeness (QED) is 0.435. The fourth-order valence-corrected chi connectivity index (χ4v) is 3.84. The predicted molar refractivity (Wildman–Crippen MR) is 119 cm³/mol. The van der Waals surface area contributed by atoms with Gasteiger partial charge in [0, 0.05) is 24.7 Å². The molecule has 0 aliphatic rings. The lowest BCUT2D eigenvalue weighted by atomic mass is 10.2. The van der Waals surface area contributed by atoms with E-state index in [1.54, 1.807) is 31.2 Å². The van der Waals surface area contributed by atoms with Crippen molar-refractivity contribution >= 4 is 33.2 Å². The highest BCUT2D eigenvalue weighted by Crippen LogP contribution is 2.32. The van der Waals surface area contributed by atoms with Gasteiger partial charge in [0.25, 0.3) is 5.56 Å². The van der Waals surface area contributed by atoms with Gasteiger partial charge in [-0.3, -0.25) is 13.9 Å². The number of hydrogen-bond donors (Lipinski definition) is 0. The van der Waals surface area contributed by atoms with Gasteiger partial charge in [-0.05, 0) is 18.6 Å². The molecule has 2 aromatic carbocycles. The Morgan fingerprint density at radius 1 is 0.935 bits per heavy atom. The summed E-state index contributed by atoms with van der Waals surface area (Å²) in [6.07, 6.45) is 2.41. The largest absolute Gasteiger partial charge is 0.497 e. The van der Waals surface area contributed by atoms with E-state index in [0.29, 0.717) is 40.2 Å². The molecule has 0 radical (unpaired) electrons. The maximum absolute atomic E-state index is 13.4. The maximum atomic E-state index is 13.4. The third-order valence-corrected chi connectivity index (χ3v) is 5.29. The third-order valence-electron chi connectivity index (χ3n) is 5.29. The fraction of sp³-hybridized carbons (Fsp3) is 0.217. The Balaban J connectivity index is 1.96. The van der Waals surface area contributed by atoms with Crippen molar-refractivity contribution in [3.63, 3.8) is 0 Å². The molecule has 5 rings (SSSR count). The van der Waals surface area contributed by atoms with Crippen molar-refractivity contribution in [3.8, 4) is 17.2 Å². The second kappa shape index (κ2) is 7.39. The van der Waals surface area contributed by atoms with Crippen molar-refractivity contribution in [3.05, 3.63) is 59.1 Å². The van der Waals surface area contributed by atoms with E-state index in [1.165, 1.54) is 0 Å². The van der Waals surface area contributed by atoms with Crippen LogP contribution in [0.4, 0.5) is 0 Å². The maximum Gasteiger partial charge on any atom is 0.265 e. The highest BCUT2D eigenvalue weighted by atomic mass is 16.5. The van der Waals surface area contributed by atoms with Gasteiger partial charge >= 0.3 is 0 Å². The molecule has 0 fully saturated rings. The number of hydrogen-bond acceptors (Lipinski definition) is 6. The van der Waals surface area contributed by atoms with E-state index in [1.807, 2.05) is 47.9 Å². The van der Waals surface area contributed by atoms with Crippen molar-refractivity contribution in [1.29, 1.82) is 0 Å². The average Bonchev–Trinajstić information content (AvgIpc) is 3.12. The zero-order chi connectivity index (χ0) is 21.5. The van der Waals surface area contributed by atoms with Crippen LogP contribution in [0.25, 0.3) is 38.9 Å². The van der Waals surface area contributed by atoms with Gasteiger partial charge in [0.1, 0.15) is 22.4 Å². The molecular weight excluding hydrogens is 394 g/mol. The van der Waals surface area contributed by atoms with E-state index in [9.17, 15) is 4.79 Å².